The molecular weight excluding hydrogens is 322 g/mol. The van der Waals surface area contributed by atoms with Gasteiger partial charge in [0, 0.05) is 18.6 Å². The van der Waals surface area contributed by atoms with Crippen LogP contribution in [0.5, 0.6) is 5.75 Å². The van der Waals surface area contributed by atoms with Crippen molar-refractivity contribution in [2.45, 2.75) is 51.4 Å². The molecule has 0 amide bonds. The van der Waals surface area contributed by atoms with Crippen LogP contribution in [0.3, 0.4) is 0 Å². The molecule has 0 N–H and O–H groups in total. The zero-order valence-corrected chi connectivity index (χ0v) is 14.7. The Balaban J connectivity index is 1.99. The summed E-state index contributed by atoms with van der Waals surface area (Å²) in [7, 11) is 0. The predicted molar refractivity (Wildman–Crippen MR) is 96.7 cm³/mol. The molecule has 6 nitrogen and oxygen atoms in total. The van der Waals surface area contributed by atoms with Crippen molar-refractivity contribution in [2.24, 2.45) is 0 Å². The number of esters is 1. The molecule has 138 valence electrons. The number of unbranched alkanes of at least 4 members (excludes halogenated alkanes) is 6. The second-order valence-corrected chi connectivity index (χ2v) is 5.77. The number of rotatable bonds is 14. The van der Waals surface area contributed by atoms with Gasteiger partial charge in [-0.1, -0.05) is 31.8 Å². The summed E-state index contributed by atoms with van der Waals surface area (Å²) >= 11 is 0. The number of carbonyl (C=O) groups excluding carboxylic acids is 1. The van der Waals surface area contributed by atoms with Gasteiger partial charge in [0.1, 0.15) is 19.0 Å². The number of hydrogen-bond donors (Lipinski definition) is 0. The maximum Gasteiger partial charge on any atom is 0.305 e. The summed E-state index contributed by atoms with van der Waals surface area (Å²) in [6.07, 6.45) is 10.1. The van der Waals surface area contributed by atoms with Crippen molar-refractivity contribution in [3.63, 3.8) is 0 Å². The Kier molecular flexibility index (Phi) is 10.7. The highest BCUT2D eigenvalue weighted by molar-refractivity contribution is 5.69. The summed E-state index contributed by atoms with van der Waals surface area (Å²) in [4.78, 5) is 21.7. The number of allylic oxidation sites excluding steroid dienone is 1. The van der Waals surface area contributed by atoms with Crippen LogP contribution in [0.15, 0.2) is 36.9 Å². The molecule has 0 aliphatic rings. The second kappa shape index (κ2) is 13.0. The van der Waals surface area contributed by atoms with Gasteiger partial charge < -0.3 is 9.47 Å². The molecule has 1 aromatic carbocycles. The Morgan fingerprint density at radius 2 is 1.68 bits per heavy atom. The average Bonchev–Trinajstić information content (AvgIpc) is 2.61. The summed E-state index contributed by atoms with van der Waals surface area (Å²) in [6.45, 7) is 4.11. The van der Waals surface area contributed by atoms with Crippen molar-refractivity contribution in [1.29, 1.82) is 0 Å². The Morgan fingerprint density at radius 3 is 2.32 bits per heavy atom. The van der Waals surface area contributed by atoms with Crippen LogP contribution in [0.2, 0.25) is 0 Å². The molecule has 0 bridgehead atoms. The minimum Gasteiger partial charge on any atom is -0.490 e. The molecule has 6 heteroatoms. The Bertz CT molecular complexity index is 527. The van der Waals surface area contributed by atoms with E-state index in [1.54, 1.807) is 0 Å². The molecule has 25 heavy (non-hydrogen) atoms. The van der Waals surface area contributed by atoms with Crippen LogP contribution in [0, 0.1) is 10.1 Å². The van der Waals surface area contributed by atoms with E-state index in [2.05, 4.69) is 6.58 Å². The third-order valence-electron chi connectivity index (χ3n) is 3.70. The van der Waals surface area contributed by atoms with Crippen LogP contribution in [-0.2, 0) is 9.53 Å². The lowest BCUT2D eigenvalue weighted by Gasteiger charge is -2.07. The first-order chi connectivity index (χ1) is 12.1. The number of hydrogen-bond acceptors (Lipinski definition) is 5. The van der Waals surface area contributed by atoms with Crippen molar-refractivity contribution in [2.75, 3.05) is 13.2 Å². The number of ether oxygens (including phenoxy) is 2. The first-order valence-corrected chi connectivity index (χ1v) is 8.77. The quantitative estimate of drug-likeness (QED) is 0.158. The molecule has 0 spiro atoms. The van der Waals surface area contributed by atoms with Gasteiger partial charge in [-0.25, -0.2) is 0 Å². The molecule has 0 unspecified atom stereocenters. The Hall–Kier alpha value is -2.37. The maximum absolute atomic E-state index is 11.6. The van der Waals surface area contributed by atoms with Gasteiger partial charge in [0.15, 0.2) is 0 Å². The number of nitro groups is 1. The highest BCUT2D eigenvalue weighted by Gasteiger charge is 2.05. The molecule has 0 aromatic heterocycles. The lowest BCUT2D eigenvalue weighted by Crippen LogP contribution is -2.12. The van der Waals surface area contributed by atoms with E-state index in [1.807, 2.05) is 6.08 Å². The van der Waals surface area contributed by atoms with Crippen LogP contribution in [0.1, 0.15) is 51.4 Å². The number of benzene rings is 1. The monoisotopic (exact) mass is 349 g/mol. The van der Waals surface area contributed by atoms with Crippen LogP contribution in [0.25, 0.3) is 0 Å². The van der Waals surface area contributed by atoms with Gasteiger partial charge in [-0.3, -0.25) is 14.9 Å². The van der Waals surface area contributed by atoms with E-state index in [4.69, 9.17) is 9.47 Å². The number of carbonyl (C=O) groups is 1. The van der Waals surface area contributed by atoms with Crippen molar-refractivity contribution >= 4 is 11.7 Å². The van der Waals surface area contributed by atoms with E-state index in [-0.39, 0.29) is 24.9 Å². The van der Waals surface area contributed by atoms with Crippen molar-refractivity contribution in [3.05, 3.63) is 47.0 Å². The molecule has 0 aliphatic carbocycles. The van der Waals surface area contributed by atoms with Gasteiger partial charge in [-0.2, -0.15) is 0 Å². The highest BCUT2D eigenvalue weighted by Crippen LogP contribution is 2.17. The largest absolute Gasteiger partial charge is 0.490 e. The SMILES string of the molecule is C=CCCCCCCCCC(=O)OCCOc1ccc([N+](=O)[O-])cc1. The summed E-state index contributed by atoms with van der Waals surface area (Å²) in [6, 6.07) is 5.79. The molecular formula is C19H27NO5. The van der Waals surface area contributed by atoms with Gasteiger partial charge in [-0.05, 0) is 31.4 Å². The van der Waals surface area contributed by atoms with Crippen LogP contribution in [-0.4, -0.2) is 24.1 Å². The van der Waals surface area contributed by atoms with Gasteiger partial charge in [0.25, 0.3) is 5.69 Å². The summed E-state index contributed by atoms with van der Waals surface area (Å²) in [5.41, 5.74) is 0.0134. The molecule has 0 atom stereocenters. The molecule has 1 rings (SSSR count). The molecule has 0 heterocycles. The van der Waals surface area contributed by atoms with Gasteiger partial charge in [-0.15, -0.1) is 6.58 Å². The summed E-state index contributed by atoms with van der Waals surface area (Å²) < 4.78 is 10.5. The van der Waals surface area contributed by atoms with Gasteiger partial charge in [0.2, 0.25) is 0 Å². The van der Waals surface area contributed by atoms with E-state index in [0.29, 0.717) is 12.2 Å². The Morgan fingerprint density at radius 1 is 1.04 bits per heavy atom. The van der Waals surface area contributed by atoms with Gasteiger partial charge >= 0.3 is 5.97 Å². The van der Waals surface area contributed by atoms with Crippen molar-refractivity contribution in [3.8, 4) is 5.75 Å². The lowest BCUT2D eigenvalue weighted by molar-refractivity contribution is -0.384. The van der Waals surface area contributed by atoms with Crippen molar-refractivity contribution < 1.29 is 19.2 Å². The first kappa shape index (κ1) is 20.7. The molecule has 0 radical (unpaired) electrons. The first-order valence-electron chi connectivity index (χ1n) is 8.77. The predicted octanol–water partition coefficient (Wildman–Crippen LogP) is 4.82. The molecule has 1 aromatic rings. The minimum absolute atomic E-state index is 0.0134. The van der Waals surface area contributed by atoms with Crippen LogP contribution < -0.4 is 4.74 Å². The van der Waals surface area contributed by atoms with Crippen LogP contribution >= 0.6 is 0 Å². The van der Waals surface area contributed by atoms with E-state index >= 15 is 0 Å². The molecule has 0 aliphatic heterocycles. The fraction of sp³-hybridized carbons (Fsp3) is 0.526. The zero-order chi connectivity index (χ0) is 18.3. The van der Waals surface area contributed by atoms with Gasteiger partial charge in [0.05, 0.1) is 4.92 Å². The summed E-state index contributed by atoms with van der Waals surface area (Å²) in [5, 5.41) is 10.5. The maximum atomic E-state index is 11.6. The minimum atomic E-state index is -0.465. The standard InChI is InChI=1S/C19H27NO5/c1-2-3-4-5-6-7-8-9-10-19(21)25-16-15-24-18-13-11-17(12-14-18)20(22)23/h2,11-14H,1,3-10,15-16H2. The fourth-order valence-electron chi connectivity index (χ4n) is 2.32. The number of non-ortho nitro benzene ring substituents is 1. The average molecular weight is 349 g/mol. The molecule has 0 saturated heterocycles. The van der Waals surface area contributed by atoms with E-state index in [1.165, 1.54) is 43.5 Å². The van der Waals surface area contributed by atoms with Crippen molar-refractivity contribution in [1.82, 2.24) is 0 Å². The van der Waals surface area contributed by atoms with E-state index in [0.717, 1.165) is 25.7 Å². The third-order valence-corrected chi connectivity index (χ3v) is 3.70. The normalized spacial score (nSPS) is 10.2. The topological polar surface area (TPSA) is 78.7 Å². The molecule has 0 fully saturated rings. The zero-order valence-electron chi connectivity index (χ0n) is 14.7. The smallest absolute Gasteiger partial charge is 0.305 e. The van der Waals surface area contributed by atoms with E-state index in [9.17, 15) is 14.9 Å². The number of nitro benzene ring substituents is 1. The van der Waals surface area contributed by atoms with E-state index < -0.39 is 4.92 Å². The third kappa shape index (κ3) is 10.2. The second-order valence-electron chi connectivity index (χ2n) is 5.77. The summed E-state index contributed by atoms with van der Waals surface area (Å²) in [5.74, 6) is 0.303. The molecule has 0 saturated carbocycles. The number of nitrogens with zero attached hydrogens (tertiary/aromatic N) is 1. The fourth-order valence-corrected chi connectivity index (χ4v) is 2.32. The lowest BCUT2D eigenvalue weighted by atomic mass is 10.1. The Labute approximate surface area is 149 Å². The highest BCUT2D eigenvalue weighted by atomic mass is 16.6. The van der Waals surface area contributed by atoms with Crippen LogP contribution in [0.4, 0.5) is 5.69 Å².